The molecule has 228 valence electrons. The average molecular weight is 821 g/mol. The van der Waals surface area contributed by atoms with Crippen LogP contribution in [-0.4, -0.2) is 16.7 Å². The van der Waals surface area contributed by atoms with Crippen molar-refractivity contribution in [3.05, 3.63) is 170 Å². The van der Waals surface area contributed by atoms with Crippen molar-refractivity contribution in [1.29, 1.82) is 0 Å². The molecule has 0 amide bonds. The second-order valence-electron chi connectivity index (χ2n) is 9.03. The van der Waals surface area contributed by atoms with Crippen molar-refractivity contribution in [2.75, 3.05) is 5.34 Å². The fourth-order valence-corrected chi connectivity index (χ4v) is 10.4. The van der Waals surface area contributed by atoms with Gasteiger partial charge in [-0.3, -0.25) is 0 Å². The average Bonchev–Trinajstić information content (AvgIpc) is 3.77. The zero-order valence-corrected chi connectivity index (χ0v) is 30.9. The van der Waals surface area contributed by atoms with Crippen LogP contribution in [0.4, 0.5) is 0 Å². The molecule has 6 rings (SSSR count). The van der Waals surface area contributed by atoms with Gasteiger partial charge in [0.1, 0.15) is 11.3 Å². The minimum atomic E-state index is -0.751. The van der Waals surface area contributed by atoms with Gasteiger partial charge in [-0.05, 0) is 72.8 Å². The number of halogens is 4. The van der Waals surface area contributed by atoms with Gasteiger partial charge in [0.15, 0.2) is 0 Å². The van der Waals surface area contributed by atoms with E-state index in [1.807, 2.05) is 0 Å². The molecule has 0 aliphatic heterocycles. The molecule has 2 aliphatic carbocycles. The van der Waals surface area contributed by atoms with E-state index in [0.717, 1.165) is 0 Å². The zero-order chi connectivity index (χ0) is 29.8. The molecule has 4 aromatic rings. The number of benzene rings is 4. The largest absolute Gasteiger partial charge is 0 e. The van der Waals surface area contributed by atoms with Crippen LogP contribution in [0.2, 0.25) is 0 Å². The smallest absolute Gasteiger partial charge is 0 e. The molecule has 0 nitrogen and oxygen atoms in total. The molecular weight excluding hydrogens is 786 g/mol. The normalized spacial score (nSPS) is 13.1. The van der Waals surface area contributed by atoms with E-state index in [0.29, 0.717) is 11.3 Å². The monoisotopic (exact) mass is 818 g/mol. The molecule has 0 spiro atoms. The van der Waals surface area contributed by atoms with Gasteiger partial charge >= 0.3 is 35.0 Å². The maximum atomic E-state index is 4.81. The first kappa shape index (κ1) is 38.2. The van der Waals surface area contributed by atoms with Crippen LogP contribution in [0, 0.1) is 0 Å². The Bertz CT molecular complexity index is 1180. The molecule has 0 heterocycles. The summed E-state index contributed by atoms with van der Waals surface area (Å²) in [6, 6.07) is 43.6. The molecule has 2 aliphatic rings. The quantitative estimate of drug-likeness (QED) is 0.103. The van der Waals surface area contributed by atoms with Gasteiger partial charge < -0.3 is 0 Å². The Hall–Kier alpha value is -0.958. The summed E-state index contributed by atoms with van der Waals surface area (Å²) in [5.41, 5.74) is 1.14. The molecule has 43 heavy (non-hydrogen) atoms. The number of allylic oxidation sites excluding steroid dienone is 8. The SMILES string of the molecule is C1=CC([PH+](c2ccccc2)c2ccccc2)C=C1.C1=CC([PH+](c2ccccc2)c2ccccc2)C=C1.ClCCl.[Cl][Pd][Cl].[Fe]. The summed E-state index contributed by atoms with van der Waals surface area (Å²) < 4.78 is 0. The van der Waals surface area contributed by atoms with Crippen LogP contribution in [-0.2, 0) is 33.0 Å². The van der Waals surface area contributed by atoms with Gasteiger partial charge in [-0.15, -0.1) is 23.2 Å². The minimum Gasteiger partial charge on any atom is 0 e. The van der Waals surface area contributed by atoms with Crippen molar-refractivity contribution in [3.63, 3.8) is 0 Å². The molecule has 0 radical (unpaired) electrons. The van der Waals surface area contributed by atoms with Crippen molar-refractivity contribution in [2.24, 2.45) is 0 Å². The van der Waals surface area contributed by atoms with E-state index in [1.54, 1.807) is 0 Å². The van der Waals surface area contributed by atoms with E-state index in [2.05, 4.69) is 170 Å². The molecule has 0 saturated heterocycles. The van der Waals surface area contributed by atoms with Gasteiger partial charge in [0, 0.05) is 17.1 Å². The number of hydrogen-bond donors (Lipinski definition) is 0. The van der Waals surface area contributed by atoms with E-state index < -0.39 is 15.8 Å². The van der Waals surface area contributed by atoms with Gasteiger partial charge in [0.2, 0.25) is 0 Å². The molecular formula is C35H34Cl4FeP2Pd+2. The summed E-state index contributed by atoms with van der Waals surface area (Å²) in [6.45, 7) is 0. The number of alkyl halides is 2. The van der Waals surface area contributed by atoms with Crippen LogP contribution in [0.1, 0.15) is 0 Å². The second kappa shape index (κ2) is 23.4. The summed E-state index contributed by atoms with van der Waals surface area (Å²) in [6.07, 6.45) is 18.0. The Morgan fingerprint density at radius 2 is 0.628 bits per heavy atom. The van der Waals surface area contributed by atoms with E-state index in [-0.39, 0.29) is 38.3 Å². The zero-order valence-electron chi connectivity index (χ0n) is 23.2. The molecule has 0 bridgehead atoms. The Morgan fingerprint density at radius 1 is 0.442 bits per heavy atom. The van der Waals surface area contributed by atoms with Crippen molar-refractivity contribution >= 4 is 79.3 Å². The van der Waals surface area contributed by atoms with E-state index in [1.165, 1.54) is 21.2 Å². The topological polar surface area (TPSA) is 0 Å². The summed E-state index contributed by atoms with van der Waals surface area (Å²) in [5, 5.41) is 6.12. The maximum Gasteiger partial charge on any atom is 0 e. The van der Waals surface area contributed by atoms with Crippen LogP contribution in [0.25, 0.3) is 0 Å². The molecule has 4 aromatic carbocycles. The van der Waals surface area contributed by atoms with Crippen LogP contribution in [0.5, 0.6) is 0 Å². The molecule has 0 aromatic heterocycles. The summed E-state index contributed by atoms with van der Waals surface area (Å²) >= 11 is 9.42. The predicted molar refractivity (Wildman–Crippen MR) is 193 cm³/mol. The molecule has 0 atom stereocenters. The van der Waals surface area contributed by atoms with E-state index in [4.69, 9.17) is 42.3 Å². The number of rotatable bonds is 6. The fraction of sp³-hybridized carbons (Fsp3) is 0.0857. The third kappa shape index (κ3) is 13.1. The van der Waals surface area contributed by atoms with Crippen LogP contribution >= 0.6 is 58.1 Å². The summed E-state index contributed by atoms with van der Waals surface area (Å²) in [7, 11) is 8.13. The van der Waals surface area contributed by atoms with Gasteiger partial charge in [-0.25, -0.2) is 0 Å². The Kier molecular flexibility index (Phi) is 20.8. The van der Waals surface area contributed by atoms with Crippen LogP contribution in [0.15, 0.2) is 170 Å². The second-order valence-corrected chi connectivity index (χ2v) is 17.5. The minimum absolute atomic E-state index is 0. The first-order chi connectivity index (χ1) is 20.7. The molecule has 0 saturated carbocycles. The van der Waals surface area contributed by atoms with Gasteiger partial charge in [0.05, 0.1) is 42.4 Å². The molecule has 0 N–H and O–H groups in total. The van der Waals surface area contributed by atoms with E-state index >= 15 is 0 Å². The molecule has 8 heteroatoms. The van der Waals surface area contributed by atoms with Crippen LogP contribution < -0.4 is 21.2 Å². The van der Waals surface area contributed by atoms with Crippen molar-refractivity contribution < 1.29 is 33.0 Å². The van der Waals surface area contributed by atoms with Gasteiger partial charge in [-0.1, -0.05) is 97.1 Å². The van der Waals surface area contributed by atoms with Crippen LogP contribution in [0.3, 0.4) is 0 Å². The summed E-state index contributed by atoms with van der Waals surface area (Å²) in [5.74, 6) is 0. The standard InChI is InChI=1S/2C17H15P.CH2Cl2.2ClH.Fe.Pd/c2*1-3-9-15(10-4-1)18(17-13-7-8-14-17)16-11-5-2-6-12-16;2-1-3;;;;/h2*1-14,17H;1H2;2*1H;;/q;;;;;;+2. The van der Waals surface area contributed by atoms with Crippen molar-refractivity contribution in [3.8, 4) is 0 Å². The maximum absolute atomic E-state index is 4.81. The third-order valence-electron chi connectivity index (χ3n) is 6.50. The fourth-order valence-electron chi connectivity index (χ4n) is 4.82. The third-order valence-corrected chi connectivity index (χ3v) is 12.4. The van der Waals surface area contributed by atoms with Crippen molar-refractivity contribution in [1.82, 2.24) is 0 Å². The Balaban J connectivity index is 0.000000249. The number of hydrogen-bond acceptors (Lipinski definition) is 0. The van der Waals surface area contributed by atoms with Crippen molar-refractivity contribution in [2.45, 2.75) is 11.3 Å². The van der Waals surface area contributed by atoms with Gasteiger partial charge in [0.25, 0.3) is 0 Å². The molecule has 0 fully saturated rings. The first-order valence-corrected chi connectivity index (χ1v) is 21.6. The summed E-state index contributed by atoms with van der Waals surface area (Å²) in [4.78, 5) is 0. The Labute approximate surface area is 296 Å². The van der Waals surface area contributed by atoms with Gasteiger partial charge in [-0.2, -0.15) is 0 Å². The molecule has 0 unspecified atom stereocenters. The Morgan fingerprint density at radius 3 is 0.814 bits per heavy atom. The predicted octanol–water partition coefficient (Wildman–Crippen LogP) is 9.49. The first-order valence-electron chi connectivity index (χ1n) is 13.3. The van der Waals surface area contributed by atoms with E-state index in [9.17, 15) is 0 Å².